The Kier molecular flexibility index (Phi) is 3.60. The van der Waals surface area contributed by atoms with E-state index in [9.17, 15) is 5.11 Å². The highest BCUT2D eigenvalue weighted by atomic mass is 16.5. The van der Waals surface area contributed by atoms with Crippen LogP contribution < -0.4 is 10.5 Å². The van der Waals surface area contributed by atoms with Crippen molar-refractivity contribution in [2.75, 3.05) is 13.7 Å². The molecule has 0 bridgehead atoms. The van der Waals surface area contributed by atoms with E-state index in [1.165, 1.54) is 19.5 Å². The molecule has 5 heteroatoms. The van der Waals surface area contributed by atoms with Gasteiger partial charge in [-0.1, -0.05) is 0 Å². The summed E-state index contributed by atoms with van der Waals surface area (Å²) in [5.74, 6) is 0.434. The van der Waals surface area contributed by atoms with E-state index in [-0.39, 0.29) is 0 Å². The fourth-order valence-electron chi connectivity index (χ4n) is 0.909. The van der Waals surface area contributed by atoms with Gasteiger partial charge in [0.25, 0.3) is 0 Å². The first-order valence-corrected chi connectivity index (χ1v) is 4.02. The van der Waals surface area contributed by atoms with Crippen molar-refractivity contribution in [2.45, 2.75) is 12.5 Å². The fraction of sp³-hybridized carbons (Fsp3) is 0.500. The lowest BCUT2D eigenvalue weighted by atomic mass is 10.2. The molecule has 0 saturated carbocycles. The zero-order chi connectivity index (χ0) is 9.68. The lowest BCUT2D eigenvalue weighted by molar-refractivity contribution is 0.165. The maximum atomic E-state index is 9.46. The molecule has 3 N–H and O–H groups in total. The van der Waals surface area contributed by atoms with Gasteiger partial charge in [-0.05, 0) is 13.0 Å². The quantitative estimate of drug-likeness (QED) is 0.679. The number of rotatable bonds is 4. The lowest BCUT2D eigenvalue weighted by Gasteiger charge is -2.07. The zero-order valence-corrected chi connectivity index (χ0v) is 7.47. The number of aliphatic hydroxyl groups excluding tert-OH is 1. The Morgan fingerprint density at radius 2 is 2.31 bits per heavy atom. The molecule has 0 aromatic carbocycles. The van der Waals surface area contributed by atoms with E-state index in [2.05, 4.69) is 9.97 Å². The highest BCUT2D eigenvalue weighted by molar-refractivity contribution is 5.08. The highest BCUT2D eigenvalue weighted by Crippen LogP contribution is 2.13. The van der Waals surface area contributed by atoms with E-state index in [1.807, 2.05) is 0 Å². The van der Waals surface area contributed by atoms with Crippen LogP contribution in [0.1, 0.15) is 18.2 Å². The summed E-state index contributed by atoms with van der Waals surface area (Å²) < 4.78 is 4.83. The summed E-state index contributed by atoms with van der Waals surface area (Å²) in [6.07, 6.45) is 2.80. The van der Waals surface area contributed by atoms with E-state index in [0.717, 1.165) is 0 Å². The van der Waals surface area contributed by atoms with Crippen LogP contribution in [0.2, 0.25) is 0 Å². The van der Waals surface area contributed by atoms with Crippen molar-refractivity contribution in [2.24, 2.45) is 5.73 Å². The first kappa shape index (κ1) is 9.88. The van der Waals surface area contributed by atoms with Gasteiger partial charge in [0.2, 0.25) is 5.88 Å². The van der Waals surface area contributed by atoms with Gasteiger partial charge in [-0.25, -0.2) is 4.98 Å². The van der Waals surface area contributed by atoms with E-state index >= 15 is 0 Å². The molecule has 0 fully saturated rings. The molecule has 0 spiro atoms. The Balaban J connectivity index is 2.67. The first-order valence-electron chi connectivity index (χ1n) is 4.02. The third kappa shape index (κ3) is 2.64. The molecule has 1 atom stereocenters. The van der Waals surface area contributed by atoms with Crippen LogP contribution in [0.5, 0.6) is 5.88 Å². The molecule has 0 aliphatic carbocycles. The van der Waals surface area contributed by atoms with Crippen LogP contribution in [0.3, 0.4) is 0 Å². The molecule has 1 aromatic heterocycles. The molecule has 0 saturated heterocycles. The topological polar surface area (TPSA) is 81.3 Å². The van der Waals surface area contributed by atoms with Crippen LogP contribution >= 0.6 is 0 Å². The van der Waals surface area contributed by atoms with Crippen molar-refractivity contribution in [3.05, 3.63) is 18.1 Å². The van der Waals surface area contributed by atoms with E-state index in [0.29, 0.717) is 24.5 Å². The number of hydrogen-bond acceptors (Lipinski definition) is 5. The average molecular weight is 183 g/mol. The second-order valence-electron chi connectivity index (χ2n) is 2.58. The van der Waals surface area contributed by atoms with Gasteiger partial charge in [-0.15, -0.1) is 0 Å². The van der Waals surface area contributed by atoms with E-state index in [4.69, 9.17) is 10.5 Å². The third-order valence-corrected chi connectivity index (χ3v) is 1.64. The number of methoxy groups -OCH3 is 1. The van der Waals surface area contributed by atoms with E-state index < -0.39 is 6.10 Å². The summed E-state index contributed by atoms with van der Waals surface area (Å²) in [6, 6.07) is 0. The van der Waals surface area contributed by atoms with Gasteiger partial charge in [-0.2, -0.15) is 0 Å². The monoisotopic (exact) mass is 183 g/mol. The van der Waals surface area contributed by atoms with Gasteiger partial charge >= 0.3 is 0 Å². The van der Waals surface area contributed by atoms with E-state index in [1.54, 1.807) is 0 Å². The molecule has 0 aliphatic rings. The SMILES string of the molecule is COc1cnc(C(O)CCN)cn1. The average Bonchev–Trinajstić information content (AvgIpc) is 2.18. The van der Waals surface area contributed by atoms with Crippen molar-refractivity contribution in [1.29, 1.82) is 0 Å². The van der Waals surface area contributed by atoms with Crippen molar-refractivity contribution < 1.29 is 9.84 Å². The Morgan fingerprint density at radius 3 is 2.77 bits per heavy atom. The molecule has 0 aliphatic heterocycles. The van der Waals surface area contributed by atoms with Gasteiger partial charge in [0.15, 0.2) is 0 Å². The van der Waals surface area contributed by atoms with Gasteiger partial charge in [0.05, 0.1) is 31.3 Å². The minimum absolute atomic E-state index is 0.425. The Morgan fingerprint density at radius 1 is 1.54 bits per heavy atom. The Bertz CT molecular complexity index is 250. The molecular formula is C8H13N3O2. The molecule has 1 aromatic rings. The van der Waals surface area contributed by atoms with Crippen LogP contribution in [0, 0.1) is 0 Å². The normalized spacial score (nSPS) is 12.5. The molecule has 72 valence electrons. The van der Waals surface area contributed by atoms with Crippen LogP contribution in [0.15, 0.2) is 12.4 Å². The summed E-state index contributed by atoms with van der Waals surface area (Å²) in [7, 11) is 1.51. The predicted octanol–water partition coefficient (Wildman–Crippen LogP) is -0.133. The lowest BCUT2D eigenvalue weighted by Crippen LogP contribution is -2.08. The molecule has 1 heterocycles. The van der Waals surface area contributed by atoms with Crippen molar-refractivity contribution >= 4 is 0 Å². The second-order valence-corrected chi connectivity index (χ2v) is 2.58. The third-order valence-electron chi connectivity index (χ3n) is 1.64. The summed E-state index contributed by atoms with van der Waals surface area (Å²) in [5, 5.41) is 9.46. The first-order chi connectivity index (χ1) is 6.27. The molecule has 5 nitrogen and oxygen atoms in total. The highest BCUT2D eigenvalue weighted by Gasteiger charge is 2.07. The number of aromatic nitrogens is 2. The van der Waals surface area contributed by atoms with Gasteiger partial charge < -0.3 is 15.6 Å². The number of aliphatic hydroxyl groups is 1. The van der Waals surface area contributed by atoms with Crippen LogP contribution in [-0.2, 0) is 0 Å². The standard InChI is InChI=1S/C8H13N3O2/c1-13-8-5-10-6(4-11-8)7(12)2-3-9/h4-5,7,12H,2-3,9H2,1H3. The van der Waals surface area contributed by atoms with Gasteiger partial charge in [0, 0.05) is 0 Å². The summed E-state index contributed by atoms with van der Waals surface area (Å²) in [5.41, 5.74) is 5.81. The zero-order valence-electron chi connectivity index (χ0n) is 7.47. The smallest absolute Gasteiger partial charge is 0.231 e. The van der Waals surface area contributed by atoms with Crippen molar-refractivity contribution in [3.8, 4) is 5.88 Å². The van der Waals surface area contributed by atoms with Gasteiger partial charge in [0.1, 0.15) is 0 Å². The Hall–Kier alpha value is -1.20. The van der Waals surface area contributed by atoms with Crippen molar-refractivity contribution in [1.82, 2.24) is 9.97 Å². The largest absolute Gasteiger partial charge is 0.480 e. The van der Waals surface area contributed by atoms with Crippen molar-refractivity contribution in [3.63, 3.8) is 0 Å². The van der Waals surface area contributed by atoms with Crippen LogP contribution in [0.4, 0.5) is 0 Å². The summed E-state index contributed by atoms with van der Waals surface area (Å²) in [4.78, 5) is 7.89. The molecular weight excluding hydrogens is 170 g/mol. The minimum Gasteiger partial charge on any atom is -0.480 e. The maximum Gasteiger partial charge on any atom is 0.231 e. The molecule has 0 amide bonds. The summed E-state index contributed by atoms with van der Waals surface area (Å²) >= 11 is 0. The van der Waals surface area contributed by atoms with Gasteiger partial charge in [-0.3, -0.25) is 4.98 Å². The predicted molar refractivity (Wildman–Crippen MR) is 47.2 cm³/mol. The molecule has 1 rings (SSSR count). The number of nitrogens with zero attached hydrogens (tertiary/aromatic N) is 2. The number of nitrogens with two attached hydrogens (primary N) is 1. The maximum absolute atomic E-state index is 9.46. The van der Waals surface area contributed by atoms with Crippen LogP contribution in [0.25, 0.3) is 0 Å². The number of hydrogen-bond donors (Lipinski definition) is 2. The molecule has 1 unspecified atom stereocenters. The fourth-order valence-corrected chi connectivity index (χ4v) is 0.909. The van der Waals surface area contributed by atoms with Crippen LogP contribution in [-0.4, -0.2) is 28.7 Å². The molecule has 0 radical (unpaired) electrons. The Labute approximate surface area is 76.6 Å². The summed E-state index contributed by atoms with van der Waals surface area (Å²) in [6.45, 7) is 0.425. The second kappa shape index (κ2) is 4.74. The minimum atomic E-state index is -0.636. The molecule has 13 heavy (non-hydrogen) atoms. The number of ether oxygens (including phenoxy) is 1.